The van der Waals surface area contributed by atoms with E-state index < -0.39 is 0 Å². The summed E-state index contributed by atoms with van der Waals surface area (Å²) in [5.41, 5.74) is 2.29. The van der Waals surface area contributed by atoms with Gasteiger partial charge in [-0.3, -0.25) is 0 Å². The molecule has 96 valence electrons. The van der Waals surface area contributed by atoms with Crippen LogP contribution in [0.25, 0.3) is 0 Å². The van der Waals surface area contributed by atoms with Crippen molar-refractivity contribution >= 4 is 0 Å². The third kappa shape index (κ3) is 4.43. The Morgan fingerprint density at radius 2 is 1.94 bits per heavy atom. The van der Waals surface area contributed by atoms with Crippen molar-refractivity contribution < 1.29 is 0 Å². The molecular weight excluding hydrogens is 210 g/mol. The molecule has 1 aromatic rings. The van der Waals surface area contributed by atoms with Gasteiger partial charge in [0.15, 0.2) is 0 Å². The summed E-state index contributed by atoms with van der Waals surface area (Å²) in [5.74, 6) is 1.59. The fourth-order valence-electron chi connectivity index (χ4n) is 1.50. The average Bonchev–Trinajstić information content (AvgIpc) is 2.18. The lowest BCUT2D eigenvalue weighted by molar-refractivity contribution is 0.523. The van der Waals surface area contributed by atoms with E-state index in [-0.39, 0.29) is 5.41 Å². The van der Waals surface area contributed by atoms with E-state index in [0.29, 0.717) is 5.92 Å². The Morgan fingerprint density at radius 3 is 2.47 bits per heavy atom. The van der Waals surface area contributed by atoms with Crippen molar-refractivity contribution in [3.63, 3.8) is 0 Å². The van der Waals surface area contributed by atoms with Gasteiger partial charge in [-0.25, -0.2) is 9.97 Å². The smallest absolute Gasteiger partial charge is 0.133 e. The van der Waals surface area contributed by atoms with Gasteiger partial charge in [-0.2, -0.15) is 0 Å². The van der Waals surface area contributed by atoms with Crippen LogP contribution in [-0.2, 0) is 12.0 Å². The molecule has 3 nitrogen and oxygen atoms in total. The van der Waals surface area contributed by atoms with Crippen LogP contribution >= 0.6 is 0 Å². The highest BCUT2D eigenvalue weighted by Crippen LogP contribution is 2.18. The van der Waals surface area contributed by atoms with E-state index in [1.165, 1.54) is 0 Å². The molecule has 3 heteroatoms. The van der Waals surface area contributed by atoms with Gasteiger partial charge in [0.05, 0.1) is 5.69 Å². The fraction of sp³-hybridized carbons (Fsp3) is 0.714. The molecular formula is C14H25N3. The van der Waals surface area contributed by atoms with Crippen LogP contribution in [0.4, 0.5) is 0 Å². The van der Waals surface area contributed by atoms with Gasteiger partial charge >= 0.3 is 0 Å². The SMILES string of the molecule is Cc1cnc(C(C)(C)C)nc1CNCC(C)C. The van der Waals surface area contributed by atoms with Gasteiger partial charge in [0.25, 0.3) is 0 Å². The van der Waals surface area contributed by atoms with Gasteiger partial charge in [0.1, 0.15) is 5.82 Å². The van der Waals surface area contributed by atoms with Crippen LogP contribution in [-0.4, -0.2) is 16.5 Å². The van der Waals surface area contributed by atoms with Gasteiger partial charge < -0.3 is 5.32 Å². The minimum atomic E-state index is 0.0144. The molecule has 0 spiro atoms. The van der Waals surface area contributed by atoms with E-state index >= 15 is 0 Å². The van der Waals surface area contributed by atoms with E-state index in [0.717, 1.165) is 30.2 Å². The summed E-state index contributed by atoms with van der Waals surface area (Å²) in [6, 6.07) is 0. The van der Waals surface area contributed by atoms with Gasteiger partial charge in [-0.1, -0.05) is 34.6 Å². The van der Waals surface area contributed by atoms with Crippen LogP contribution < -0.4 is 5.32 Å². The zero-order chi connectivity index (χ0) is 13.1. The standard InChI is InChI=1S/C14H25N3/c1-10(2)7-15-9-12-11(3)8-16-13(17-12)14(4,5)6/h8,10,15H,7,9H2,1-6H3. The largest absolute Gasteiger partial charge is 0.311 e. The molecule has 0 atom stereocenters. The Kier molecular flexibility index (Phi) is 4.63. The number of aromatic nitrogens is 2. The predicted molar refractivity (Wildman–Crippen MR) is 72.0 cm³/mol. The van der Waals surface area contributed by atoms with Crippen LogP contribution in [0, 0.1) is 12.8 Å². The molecule has 0 saturated heterocycles. The molecule has 0 aliphatic carbocycles. The summed E-state index contributed by atoms with van der Waals surface area (Å²) in [6.07, 6.45) is 1.93. The summed E-state index contributed by atoms with van der Waals surface area (Å²) in [5, 5.41) is 3.43. The van der Waals surface area contributed by atoms with Crippen molar-refractivity contribution in [3.05, 3.63) is 23.3 Å². The Balaban J connectivity index is 2.77. The lowest BCUT2D eigenvalue weighted by Crippen LogP contribution is -2.23. The zero-order valence-corrected chi connectivity index (χ0v) is 12.0. The first kappa shape index (κ1) is 14.1. The maximum Gasteiger partial charge on any atom is 0.133 e. The van der Waals surface area contributed by atoms with E-state index in [4.69, 9.17) is 0 Å². The van der Waals surface area contributed by atoms with Crippen LogP contribution in [0.5, 0.6) is 0 Å². The highest BCUT2D eigenvalue weighted by atomic mass is 14.9. The second-order valence-corrected chi connectivity index (χ2v) is 6.10. The van der Waals surface area contributed by atoms with E-state index in [1.54, 1.807) is 0 Å². The first-order valence-corrected chi connectivity index (χ1v) is 6.34. The Bertz CT molecular complexity index is 364. The third-order valence-electron chi connectivity index (χ3n) is 2.59. The minimum Gasteiger partial charge on any atom is -0.311 e. The summed E-state index contributed by atoms with van der Waals surface area (Å²) in [7, 11) is 0. The number of nitrogens with zero attached hydrogens (tertiary/aromatic N) is 2. The molecule has 0 unspecified atom stereocenters. The first-order valence-electron chi connectivity index (χ1n) is 6.34. The molecule has 1 rings (SSSR count). The molecule has 0 radical (unpaired) electrons. The molecule has 0 saturated carbocycles. The molecule has 1 N–H and O–H groups in total. The summed E-state index contributed by atoms with van der Waals surface area (Å²) >= 11 is 0. The van der Waals surface area contributed by atoms with E-state index in [2.05, 4.69) is 56.8 Å². The number of hydrogen-bond acceptors (Lipinski definition) is 3. The zero-order valence-electron chi connectivity index (χ0n) is 12.0. The van der Waals surface area contributed by atoms with Gasteiger partial charge in [0, 0.05) is 18.2 Å². The molecule has 0 aromatic carbocycles. The lowest BCUT2D eigenvalue weighted by Gasteiger charge is -2.18. The van der Waals surface area contributed by atoms with Gasteiger partial charge in [0.2, 0.25) is 0 Å². The molecule has 17 heavy (non-hydrogen) atoms. The maximum atomic E-state index is 4.67. The van der Waals surface area contributed by atoms with Crippen molar-refractivity contribution in [2.75, 3.05) is 6.54 Å². The number of aryl methyl sites for hydroxylation is 1. The highest BCUT2D eigenvalue weighted by molar-refractivity contribution is 5.18. The van der Waals surface area contributed by atoms with Crippen LogP contribution in [0.3, 0.4) is 0 Å². The van der Waals surface area contributed by atoms with E-state index in [1.807, 2.05) is 6.20 Å². The first-order chi connectivity index (χ1) is 7.80. The number of rotatable bonds is 4. The van der Waals surface area contributed by atoms with Crippen molar-refractivity contribution in [3.8, 4) is 0 Å². The quantitative estimate of drug-likeness (QED) is 0.872. The van der Waals surface area contributed by atoms with Gasteiger partial charge in [-0.05, 0) is 24.9 Å². The Hall–Kier alpha value is -0.960. The maximum absolute atomic E-state index is 4.67. The summed E-state index contributed by atoms with van der Waals surface area (Å²) in [6.45, 7) is 14.8. The molecule has 0 amide bonds. The monoisotopic (exact) mass is 235 g/mol. The fourth-order valence-corrected chi connectivity index (χ4v) is 1.50. The van der Waals surface area contributed by atoms with Crippen molar-refractivity contribution in [1.29, 1.82) is 0 Å². The predicted octanol–water partition coefficient (Wildman–Crippen LogP) is 2.83. The molecule has 0 fully saturated rings. The lowest BCUT2D eigenvalue weighted by atomic mass is 9.95. The summed E-state index contributed by atoms with van der Waals surface area (Å²) < 4.78 is 0. The van der Waals surface area contributed by atoms with Crippen molar-refractivity contribution in [2.24, 2.45) is 5.92 Å². The Labute approximate surface area is 105 Å². The van der Waals surface area contributed by atoms with Crippen LogP contribution in [0.1, 0.15) is 51.7 Å². The molecule has 0 bridgehead atoms. The average molecular weight is 235 g/mol. The molecule has 1 aromatic heterocycles. The van der Waals surface area contributed by atoms with Gasteiger partial charge in [-0.15, -0.1) is 0 Å². The molecule has 0 aliphatic heterocycles. The number of hydrogen-bond donors (Lipinski definition) is 1. The van der Waals surface area contributed by atoms with Crippen LogP contribution in [0.15, 0.2) is 6.20 Å². The topological polar surface area (TPSA) is 37.8 Å². The second kappa shape index (κ2) is 5.58. The third-order valence-corrected chi connectivity index (χ3v) is 2.59. The number of nitrogens with one attached hydrogen (secondary N) is 1. The highest BCUT2D eigenvalue weighted by Gasteiger charge is 2.18. The normalized spacial score (nSPS) is 12.2. The molecule has 0 aliphatic rings. The van der Waals surface area contributed by atoms with E-state index in [9.17, 15) is 0 Å². The Morgan fingerprint density at radius 1 is 1.29 bits per heavy atom. The minimum absolute atomic E-state index is 0.0144. The van der Waals surface area contributed by atoms with Crippen molar-refractivity contribution in [1.82, 2.24) is 15.3 Å². The summed E-state index contributed by atoms with van der Waals surface area (Å²) in [4.78, 5) is 9.08. The second-order valence-electron chi connectivity index (χ2n) is 6.10. The van der Waals surface area contributed by atoms with Crippen molar-refractivity contribution in [2.45, 2.75) is 53.5 Å². The molecule has 1 heterocycles. The van der Waals surface area contributed by atoms with Crippen LogP contribution in [0.2, 0.25) is 0 Å².